The first-order valence-electron chi connectivity index (χ1n) is 8.33. The van der Waals surface area contributed by atoms with E-state index in [1.807, 2.05) is 18.2 Å². The highest BCUT2D eigenvalue weighted by Crippen LogP contribution is 2.27. The zero-order valence-corrected chi connectivity index (χ0v) is 16.4. The van der Waals surface area contributed by atoms with Gasteiger partial charge in [-0.05, 0) is 63.4 Å². The number of para-hydroxylation sites is 1. The molecule has 0 bridgehead atoms. The molecule has 0 saturated heterocycles. The normalized spacial score (nSPS) is 11.9. The fourth-order valence-electron chi connectivity index (χ4n) is 2.74. The average Bonchev–Trinajstić information content (AvgIpc) is 2.58. The molecule has 1 atom stereocenters. The highest BCUT2D eigenvalue weighted by molar-refractivity contribution is 7.80. The Hall–Kier alpha value is -2.11. The molecule has 2 rings (SSSR count). The van der Waals surface area contributed by atoms with Gasteiger partial charge in [0.2, 0.25) is 0 Å². The lowest BCUT2D eigenvalue weighted by Gasteiger charge is -2.27. The van der Waals surface area contributed by atoms with E-state index >= 15 is 0 Å². The van der Waals surface area contributed by atoms with E-state index in [9.17, 15) is 0 Å². The number of ether oxygens (including phenoxy) is 1. The maximum Gasteiger partial charge on any atom is 0.170 e. The molecule has 2 aromatic rings. The number of hydrogen-bond donors (Lipinski definition) is 2. The van der Waals surface area contributed by atoms with Crippen LogP contribution in [0.1, 0.15) is 22.7 Å². The summed E-state index contributed by atoms with van der Waals surface area (Å²) < 4.78 is 5.50. The number of methoxy groups -OCH3 is 1. The van der Waals surface area contributed by atoms with Crippen LogP contribution in [-0.2, 0) is 0 Å². The summed E-state index contributed by atoms with van der Waals surface area (Å²) in [5, 5.41) is 7.25. The number of nitrogens with zero attached hydrogens (tertiary/aromatic N) is 1. The molecule has 2 N–H and O–H groups in total. The summed E-state index contributed by atoms with van der Waals surface area (Å²) in [6.07, 6.45) is 0. The molecule has 4 nitrogen and oxygen atoms in total. The van der Waals surface area contributed by atoms with Gasteiger partial charge in [-0.2, -0.15) is 0 Å². The second kappa shape index (κ2) is 8.83. The van der Waals surface area contributed by atoms with Crippen molar-refractivity contribution in [1.82, 2.24) is 10.2 Å². The van der Waals surface area contributed by atoms with Crippen molar-refractivity contribution >= 4 is 23.0 Å². The third kappa shape index (κ3) is 5.18. The highest BCUT2D eigenvalue weighted by atomic mass is 32.1. The minimum Gasteiger partial charge on any atom is -0.496 e. The summed E-state index contributed by atoms with van der Waals surface area (Å²) in [5.41, 5.74) is 4.55. The van der Waals surface area contributed by atoms with Gasteiger partial charge in [-0.25, -0.2) is 0 Å². The minimum atomic E-state index is 0.148. The van der Waals surface area contributed by atoms with Crippen LogP contribution in [0.5, 0.6) is 5.75 Å². The fraction of sp³-hybridized carbons (Fsp3) is 0.350. The van der Waals surface area contributed by atoms with Gasteiger partial charge >= 0.3 is 0 Å². The van der Waals surface area contributed by atoms with E-state index in [4.69, 9.17) is 17.0 Å². The first kappa shape index (κ1) is 19.2. The first-order chi connectivity index (χ1) is 11.9. The van der Waals surface area contributed by atoms with Crippen LogP contribution in [0.3, 0.4) is 0 Å². The van der Waals surface area contributed by atoms with Crippen LogP contribution < -0.4 is 15.4 Å². The number of anilines is 1. The molecule has 0 heterocycles. The zero-order chi connectivity index (χ0) is 18.4. The molecule has 0 fully saturated rings. The lowest BCUT2D eigenvalue weighted by atomic mass is 10.0. The van der Waals surface area contributed by atoms with Crippen molar-refractivity contribution in [2.75, 3.05) is 33.1 Å². The lowest BCUT2D eigenvalue weighted by Crippen LogP contribution is -2.37. The van der Waals surface area contributed by atoms with Crippen molar-refractivity contribution in [3.05, 3.63) is 59.2 Å². The van der Waals surface area contributed by atoms with Crippen LogP contribution in [0.2, 0.25) is 0 Å². The van der Waals surface area contributed by atoms with Gasteiger partial charge in [0.05, 0.1) is 13.2 Å². The predicted molar refractivity (Wildman–Crippen MR) is 110 cm³/mol. The summed E-state index contributed by atoms with van der Waals surface area (Å²) in [4.78, 5) is 2.16. The number of likely N-dealkylation sites (N-methyl/N-ethyl adjacent to an activating group) is 1. The first-order valence-corrected chi connectivity index (χ1v) is 8.74. The Morgan fingerprint density at radius 2 is 1.88 bits per heavy atom. The van der Waals surface area contributed by atoms with Gasteiger partial charge in [0.25, 0.3) is 0 Å². The smallest absolute Gasteiger partial charge is 0.170 e. The van der Waals surface area contributed by atoms with Crippen molar-refractivity contribution in [3.63, 3.8) is 0 Å². The lowest BCUT2D eigenvalue weighted by molar-refractivity contribution is 0.288. The van der Waals surface area contributed by atoms with Crippen LogP contribution >= 0.6 is 12.2 Å². The largest absolute Gasteiger partial charge is 0.496 e. The van der Waals surface area contributed by atoms with Crippen LogP contribution in [0, 0.1) is 13.8 Å². The van der Waals surface area contributed by atoms with Crippen molar-refractivity contribution in [1.29, 1.82) is 0 Å². The number of nitrogens with one attached hydrogen (secondary N) is 2. The summed E-state index contributed by atoms with van der Waals surface area (Å²) in [6.45, 7) is 4.83. The summed E-state index contributed by atoms with van der Waals surface area (Å²) in [6, 6.07) is 14.5. The predicted octanol–water partition coefficient (Wildman–Crippen LogP) is 3.90. The maximum absolute atomic E-state index is 5.50. The molecule has 25 heavy (non-hydrogen) atoms. The Labute approximate surface area is 156 Å². The van der Waals surface area contributed by atoms with Crippen LogP contribution in [-0.4, -0.2) is 37.8 Å². The van der Waals surface area contributed by atoms with Gasteiger partial charge in [-0.3, -0.25) is 0 Å². The van der Waals surface area contributed by atoms with Gasteiger partial charge in [-0.15, -0.1) is 0 Å². The third-order valence-corrected chi connectivity index (χ3v) is 4.46. The second-order valence-electron chi connectivity index (χ2n) is 6.37. The molecule has 2 aromatic carbocycles. The number of hydrogen-bond acceptors (Lipinski definition) is 3. The van der Waals surface area contributed by atoms with Crippen molar-refractivity contribution in [3.8, 4) is 5.75 Å². The minimum absolute atomic E-state index is 0.148. The van der Waals surface area contributed by atoms with E-state index in [2.05, 4.69) is 67.7 Å². The molecule has 1 unspecified atom stereocenters. The van der Waals surface area contributed by atoms with Gasteiger partial charge in [0, 0.05) is 17.8 Å². The van der Waals surface area contributed by atoms with Gasteiger partial charge < -0.3 is 20.3 Å². The molecule has 0 aliphatic rings. The highest BCUT2D eigenvalue weighted by Gasteiger charge is 2.18. The Bertz CT molecular complexity index is 731. The van der Waals surface area contributed by atoms with E-state index in [0.717, 1.165) is 17.0 Å². The third-order valence-electron chi connectivity index (χ3n) is 4.22. The summed E-state index contributed by atoms with van der Waals surface area (Å²) >= 11 is 5.48. The Morgan fingerprint density at radius 3 is 2.56 bits per heavy atom. The molecule has 0 saturated carbocycles. The van der Waals surface area contributed by atoms with E-state index in [1.165, 1.54) is 11.1 Å². The van der Waals surface area contributed by atoms with Gasteiger partial charge in [-0.1, -0.05) is 30.3 Å². The summed E-state index contributed by atoms with van der Waals surface area (Å²) in [7, 11) is 5.81. The standard InChI is InChI=1S/C20H27N3OS/c1-14-10-11-15(2)17(12-14)22-20(25)21-13-18(23(3)4)16-8-6-7-9-19(16)24-5/h6-12,18H,13H2,1-5H3,(H2,21,22,25). The van der Waals surface area contributed by atoms with Crippen LogP contribution in [0.15, 0.2) is 42.5 Å². The molecule has 0 aliphatic carbocycles. The number of aryl methyl sites for hydroxylation is 2. The Morgan fingerprint density at radius 1 is 1.16 bits per heavy atom. The molecule has 5 heteroatoms. The van der Waals surface area contributed by atoms with Crippen molar-refractivity contribution < 1.29 is 4.74 Å². The molecule has 0 spiro atoms. The summed E-state index contributed by atoms with van der Waals surface area (Å²) in [5.74, 6) is 0.886. The van der Waals surface area contributed by atoms with Gasteiger partial charge in [0.1, 0.15) is 5.75 Å². The molecular formula is C20H27N3OS. The van der Waals surface area contributed by atoms with E-state index < -0.39 is 0 Å². The van der Waals surface area contributed by atoms with E-state index in [-0.39, 0.29) is 6.04 Å². The quantitative estimate of drug-likeness (QED) is 0.767. The molecule has 0 radical (unpaired) electrons. The second-order valence-corrected chi connectivity index (χ2v) is 6.78. The maximum atomic E-state index is 5.50. The number of benzene rings is 2. The Kier molecular flexibility index (Phi) is 6.79. The molecule has 0 amide bonds. The van der Waals surface area contributed by atoms with Crippen LogP contribution in [0.25, 0.3) is 0 Å². The molecule has 0 aromatic heterocycles. The molecular weight excluding hydrogens is 330 g/mol. The monoisotopic (exact) mass is 357 g/mol. The zero-order valence-electron chi connectivity index (χ0n) is 15.6. The number of rotatable bonds is 6. The van der Waals surface area contributed by atoms with Crippen molar-refractivity contribution in [2.24, 2.45) is 0 Å². The van der Waals surface area contributed by atoms with Gasteiger partial charge in [0.15, 0.2) is 5.11 Å². The number of thiocarbonyl (C=S) groups is 1. The average molecular weight is 358 g/mol. The topological polar surface area (TPSA) is 36.5 Å². The molecule has 134 valence electrons. The molecule has 0 aliphatic heterocycles. The SMILES string of the molecule is COc1ccccc1C(CNC(=S)Nc1cc(C)ccc1C)N(C)C. The fourth-order valence-corrected chi connectivity index (χ4v) is 2.93. The van der Waals surface area contributed by atoms with E-state index in [1.54, 1.807) is 7.11 Å². The van der Waals surface area contributed by atoms with Crippen LogP contribution in [0.4, 0.5) is 5.69 Å². The van der Waals surface area contributed by atoms with Crippen molar-refractivity contribution in [2.45, 2.75) is 19.9 Å². The Balaban J connectivity index is 2.06. The van der Waals surface area contributed by atoms with E-state index in [0.29, 0.717) is 11.7 Å².